The smallest absolute Gasteiger partial charge is 0.0325 e. The number of aryl methyl sites for hydroxylation is 1. The number of halogens is 1. The Kier molecular flexibility index (Phi) is 4.08. The Balaban J connectivity index is 1.78. The molecule has 2 aromatic carbocycles. The molecule has 1 heterocycles. The van der Waals surface area contributed by atoms with Gasteiger partial charge in [0.05, 0.1) is 0 Å². The third-order valence-electron chi connectivity index (χ3n) is 3.90. The standard InChI is InChI=1S/C17H19BrN2/c18-17-10-16(19)8-7-15(17)12-20-9-3-6-13-4-1-2-5-14(13)11-20/h1-2,4-5,7-8,10H,3,6,9,11-12,19H2. The van der Waals surface area contributed by atoms with Crippen molar-refractivity contribution in [1.82, 2.24) is 4.90 Å². The summed E-state index contributed by atoms with van der Waals surface area (Å²) < 4.78 is 1.11. The second-order valence-corrected chi connectivity index (χ2v) is 6.29. The van der Waals surface area contributed by atoms with E-state index >= 15 is 0 Å². The lowest BCUT2D eigenvalue weighted by Crippen LogP contribution is -2.23. The van der Waals surface area contributed by atoms with Crippen molar-refractivity contribution < 1.29 is 0 Å². The van der Waals surface area contributed by atoms with E-state index in [1.165, 1.54) is 29.5 Å². The molecular formula is C17H19BrN2. The van der Waals surface area contributed by atoms with Gasteiger partial charge in [0.15, 0.2) is 0 Å². The minimum atomic E-state index is 0.807. The van der Waals surface area contributed by atoms with Crippen LogP contribution in [0.5, 0.6) is 0 Å². The SMILES string of the molecule is Nc1ccc(CN2CCCc3ccccc3C2)c(Br)c1. The van der Waals surface area contributed by atoms with Crippen LogP contribution in [0.25, 0.3) is 0 Å². The van der Waals surface area contributed by atoms with E-state index < -0.39 is 0 Å². The third kappa shape index (κ3) is 3.05. The Morgan fingerprint density at radius 2 is 1.90 bits per heavy atom. The summed E-state index contributed by atoms with van der Waals surface area (Å²) in [5.74, 6) is 0. The topological polar surface area (TPSA) is 29.3 Å². The number of nitrogen functional groups attached to an aromatic ring is 1. The van der Waals surface area contributed by atoms with Crippen molar-refractivity contribution >= 4 is 21.6 Å². The molecule has 0 spiro atoms. The van der Waals surface area contributed by atoms with E-state index in [4.69, 9.17) is 5.73 Å². The van der Waals surface area contributed by atoms with Gasteiger partial charge in [0.25, 0.3) is 0 Å². The van der Waals surface area contributed by atoms with E-state index in [1.54, 1.807) is 0 Å². The lowest BCUT2D eigenvalue weighted by molar-refractivity contribution is 0.260. The lowest BCUT2D eigenvalue weighted by atomic mass is 10.0. The predicted octanol–water partition coefficient (Wildman–Crippen LogP) is 3.98. The van der Waals surface area contributed by atoms with Gasteiger partial charge in [-0.2, -0.15) is 0 Å². The van der Waals surface area contributed by atoms with Crippen LogP contribution in [-0.2, 0) is 19.5 Å². The lowest BCUT2D eigenvalue weighted by Gasteiger charge is -2.21. The third-order valence-corrected chi connectivity index (χ3v) is 4.64. The van der Waals surface area contributed by atoms with Gasteiger partial charge < -0.3 is 5.73 Å². The Labute approximate surface area is 128 Å². The summed E-state index contributed by atoms with van der Waals surface area (Å²) in [6.45, 7) is 3.15. The van der Waals surface area contributed by atoms with Crippen molar-refractivity contribution in [3.05, 3.63) is 63.6 Å². The first-order chi connectivity index (χ1) is 9.72. The molecule has 0 amide bonds. The predicted molar refractivity (Wildman–Crippen MR) is 87.4 cm³/mol. The van der Waals surface area contributed by atoms with Crippen LogP contribution >= 0.6 is 15.9 Å². The van der Waals surface area contributed by atoms with E-state index in [0.29, 0.717) is 0 Å². The molecule has 20 heavy (non-hydrogen) atoms. The summed E-state index contributed by atoms with van der Waals surface area (Å²) in [5.41, 5.74) is 10.9. The average Bonchev–Trinajstić information content (AvgIpc) is 2.63. The average molecular weight is 331 g/mol. The van der Waals surface area contributed by atoms with E-state index in [2.05, 4.69) is 51.2 Å². The molecule has 3 rings (SSSR count). The number of nitrogens with zero attached hydrogens (tertiary/aromatic N) is 1. The number of benzene rings is 2. The van der Waals surface area contributed by atoms with Crippen LogP contribution in [0.4, 0.5) is 5.69 Å². The number of hydrogen-bond donors (Lipinski definition) is 1. The van der Waals surface area contributed by atoms with Gasteiger partial charge in [-0.05, 0) is 48.2 Å². The number of anilines is 1. The monoisotopic (exact) mass is 330 g/mol. The van der Waals surface area contributed by atoms with E-state index in [9.17, 15) is 0 Å². The summed E-state index contributed by atoms with van der Waals surface area (Å²) >= 11 is 3.62. The van der Waals surface area contributed by atoms with Crippen LogP contribution in [0.2, 0.25) is 0 Å². The molecule has 3 heteroatoms. The van der Waals surface area contributed by atoms with Crippen LogP contribution in [0.3, 0.4) is 0 Å². The molecule has 0 aliphatic carbocycles. The first-order valence-electron chi connectivity index (χ1n) is 7.05. The second-order valence-electron chi connectivity index (χ2n) is 5.43. The summed E-state index contributed by atoms with van der Waals surface area (Å²) in [7, 11) is 0. The van der Waals surface area contributed by atoms with Gasteiger partial charge in [0.2, 0.25) is 0 Å². The number of hydrogen-bond acceptors (Lipinski definition) is 2. The molecule has 0 bridgehead atoms. The number of rotatable bonds is 2. The van der Waals surface area contributed by atoms with Crippen molar-refractivity contribution in [3.63, 3.8) is 0 Å². The van der Waals surface area contributed by atoms with Crippen LogP contribution in [0.15, 0.2) is 46.9 Å². The Morgan fingerprint density at radius 1 is 1.10 bits per heavy atom. The maximum atomic E-state index is 5.81. The minimum Gasteiger partial charge on any atom is -0.399 e. The van der Waals surface area contributed by atoms with Crippen molar-refractivity contribution in [2.24, 2.45) is 0 Å². The highest BCUT2D eigenvalue weighted by Crippen LogP contribution is 2.24. The molecule has 0 saturated carbocycles. The Morgan fingerprint density at radius 3 is 2.70 bits per heavy atom. The number of fused-ring (bicyclic) bond motifs is 1. The molecule has 0 radical (unpaired) electrons. The summed E-state index contributed by atoms with van der Waals surface area (Å²) in [4.78, 5) is 2.52. The largest absolute Gasteiger partial charge is 0.399 e. The van der Waals surface area contributed by atoms with Crippen molar-refractivity contribution in [2.45, 2.75) is 25.9 Å². The molecule has 2 N–H and O–H groups in total. The van der Waals surface area contributed by atoms with E-state index in [0.717, 1.165) is 29.8 Å². The van der Waals surface area contributed by atoms with Crippen molar-refractivity contribution in [1.29, 1.82) is 0 Å². The van der Waals surface area contributed by atoms with Gasteiger partial charge in [-0.1, -0.05) is 46.3 Å². The highest BCUT2D eigenvalue weighted by Gasteiger charge is 2.15. The molecule has 0 aromatic heterocycles. The first kappa shape index (κ1) is 13.7. The minimum absolute atomic E-state index is 0.807. The van der Waals surface area contributed by atoms with Crippen LogP contribution in [-0.4, -0.2) is 11.4 Å². The Bertz CT molecular complexity index is 610. The zero-order valence-corrected chi connectivity index (χ0v) is 13.1. The molecule has 1 aliphatic heterocycles. The normalized spacial score (nSPS) is 15.7. The zero-order valence-electron chi connectivity index (χ0n) is 11.5. The van der Waals surface area contributed by atoms with Crippen molar-refractivity contribution in [3.8, 4) is 0 Å². The maximum absolute atomic E-state index is 5.81. The summed E-state index contributed by atoms with van der Waals surface area (Å²) in [6.07, 6.45) is 2.42. The highest BCUT2D eigenvalue weighted by molar-refractivity contribution is 9.10. The molecule has 0 unspecified atom stereocenters. The van der Waals surface area contributed by atoms with Gasteiger partial charge in [0, 0.05) is 23.2 Å². The molecule has 0 atom stereocenters. The first-order valence-corrected chi connectivity index (χ1v) is 7.85. The summed E-state index contributed by atoms with van der Waals surface area (Å²) in [6, 6.07) is 14.9. The fourth-order valence-electron chi connectivity index (χ4n) is 2.84. The van der Waals surface area contributed by atoms with Gasteiger partial charge in [0.1, 0.15) is 0 Å². The van der Waals surface area contributed by atoms with Crippen LogP contribution in [0.1, 0.15) is 23.1 Å². The molecule has 0 saturated heterocycles. The molecule has 104 valence electrons. The van der Waals surface area contributed by atoms with Crippen LogP contribution in [0, 0.1) is 0 Å². The fraction of sp³-hybridized carbons (Fsp3) is 0.294. The molecule has 1 aliphatic rings. The molecular weight excluding hydrogens is 312 g/mol. The van der Waals surface area contributed by atoms with Crippen molar-refractivity contribution in [2.75, 3.05) is 12.3 Å². The van der Waals surface area contributed by atoms with E-state index in [-0.39, 0.29) is 0 Å². The van der Waals surface area contributed by atoms with E-state index in [1.807, 2.05) is 12.1 Å². The van der Waals surface area contributed by atoms with Crippen LogP contribution < -0.4 is 5.73 Å². The maximum Gasteiger partial charge on any atom is 0.0325 e. The van der Waals surface area contributed by atoms with Gasteiger partial charge in [-0.15, -0.1) is 0 Å². The highest BCUT2D eigenvalue weighted by atomic mass is 79.9. The van der Waals surface area contributed by atoms with Gasteiger partial charge >= 0.3 is 0 Å². The summed E-state index contributed by atoms with van der Waals surface area (Å²) in [5, 5.41) is 0. The molecule has 2 nitrogen and oxygen atoms in total. The number of nitrogens with two attached hydrogens (primary N) is 1. The van der Waals surface area contributed by atoms with Gasteiger partial charge in [-0.25, -0.2) is 0 Å². The van der Waals surface area contributed by atoms with Gasteiger partial charge in [-0.3, -0.25) is 4.90 Å². The second kappa shape index (κ2) is 5.98. The Hall–Kier alpha value is -1.32. The molecule has 0 fully saturated rings. The molecule has 2 aromatic rings. The fourth-order valence-corrected chi connectivity index (χ4v) is 3.36. The quantitative estimate of drug-likeness (QED) is 0.844. The zero-order chi connectivity index (χ0) is 13.9.